The summed E-state index contributed by atoms with van der Waals surface area (Å²) in [6, 6.07) is 82.1. The number of allylic oxidation sites excluding steroid dienone is 3. The summed E-state index contributed by atoms with van der Waals surface area (Å²) in [5.41, 5.74) is 18.7. The summed E-state index contributed by atoms with van der Waals surface area (Å²) in [6.07, 6.45) is 5.69. The normalized spacial score (nSPS) is 14.4. The lowest BCUT2D eigenvalue weighted by atomic mass is 9.84. The molecule has 1 aromatic heterocycles. The molecule has 0 aliphatic heterocycles. The number of rotatable bonds is 7. The maximum absolute atomic E-state index is 2.55. The lowest BCUT2D eigenvalue weighted by Crippen LogP contribution is -2.31. The Morgan fingerprint density at radius 3 is 1.81 bits per heavy atom. The van der Waals surface area contributed by atoms with Crippen LogP contribution < -0.4 is 4.90 Å². The van der Waals surface area contributed by atoms with Crippen molar-refractivity contribution >= 4 is 60.7 Å². The van der Waals surface area contributed by atoms with Crippen molar-refractivity contribution < 1.29 is 0 Å². The Bertz CT molecular complexity index is 3360. The molecule has 2 aliphatic rings. The summed E-state index contributed by atoms with van der Waals surface area (Å²) in [5, 5.41) is 4.99. The number of para-hydroxylation sites is 2. The second-order valence-corrected chi connectivity index (χ2v) is 16.4. The second kappa shape index (κ2) is 15.0. The molecule has 12 rings (SSSR count). The highest BCUT2D eigenvalue weighted by molar-refractivity contribution is 6.15. The Balaban J connectivity index is 0.975. The largest absolute Gasteiger partial charge is 0.334 e. The van der Waals surface area contributed by atoms with E-state index in [2.05, 4.69) is 246 Å². The summed E-state index contributed by atoms with van der Waals surface area (Å²) < 4.78 is 2.38. The topological polar surface area (TPSA) is 8.17 Å². The number of anilines is 2. The molecule has 0 N–H and O–H groups in total. The Morgan fingerprint density at radius 2 is 1.05 bits per heavy atom. The first-order valence-electron chi connectivity index (χ1n) is 21.6. The zero-order valence-corrected chi connectivity index (χ0v) is 34.2. The van der Waals surface area contributed by atoms with E-state index < -0.39 is 0 Å². The first-order valence-corrected chi connectivity index (χ1v) is 21.6. The van der Waals surface area contributed by atoms with Gasteiger partial charge in [0, 0.05) is 27.8 Å². The van der Waals surface area contributed by atoms with Crippen LogP contribution in [0.25, 0.3) is 66.1 Å². The molecule has 2 heteroatoms. The van der Waals surface area contributed by atoms with Crippen LogP contribution in [0.4, 0.5) is 11.4 Å². The monoisotopic (exact) mass is 790 g/mol. The SMILES string of the molecule is C1=CC(N(c2ccc(-c3ccc4c(c3)c3ccccc3n4-c3ccccc3)cc2)c2ccc3ccccc3c2)CC2=C1c1ccccc1C2=C(c1ccccc1)c1ccccc1. The van der Waals surface area contributed by atoms with Crippen molar-refractivity contribution in [2.75, 3.05) is 4.90 Å². The molecular formula is C60H42N2. The van der Waals surface area contributed by atoms with Crippen molar-refractivity contribution in [2.45, 2.75) is 12.5 Å². The van der Waals surface area contributed by atoms with Crippen LogP contribution in [-0.2, 0) is 0 Å². The number of hydrogen-bond donors (Lipinski definition) is 0. The average Bonchev–Trinajstić information content (AvgIpc) is 3.85. The maximum Gasteiger partial charge on any atom is 0.0566 e. The Kier molecular flexibility index (Phi) is 8.67. The number of hydrogen-bond acceptors (Lipinski definition) is 1. The van der Waals surface area contributed by atoms with Gasteiger partial charge in [-0.1, -0.05) is 182 Å². The molecule has 0 radical (unpaired) electrons. The van der Waals surface area contributed by atoms with Crippen molar-refractivity contribution in [3.63, 3.8) is 0 Å². The van der Waals surface area contributed by atoms with Gasteiger partial charge in [0.25, 0.3) is 0 Å². The standard InChI is InChI=1S/C60H42N2/c1-4-17-43(18-5-1)59(44-19-6-2-7-20-44)60-54-26-13-12-24-51(54)52-36-35-50(40-56(52)60)61(49-34-30-41-16-10-11-21-45(41)38-49)48-32-28-42(29-33-48)46-31-37-58-55(39-46)53-25-14-15-27-57(53)62(58)47-22-8-3-9-23-47/h1-39,50H,40H2. The minimum atomic E-state index is 0.0679. The average molecular weight is 791 g/mol. The maximum atomic E-state index is 2.55. The van der Waals surface area contributed by atoms with Crippen LogP contribution in [0.3, 0.4) is 0 Å². The van der Waals surface area contributed by atoms with Crippen LogP contribution in [0.1, 0.15) is 28.7 Å². The molecule has 0 fully saturated rings. The van der Waals surface area contributed by atoms with E-state index in [9.17, 15) is 0 Å². The molecule has 2 nitrogen and oxygen atoms in total. The smallest absolute Gasteiger partial charge is 0.0566 e. The predicted octanol–water partition coefficient (Wildman–Crippen LogP) is 15.5. The van der Waals surface area contributed by atoms with E-state index in [1.165, 1.54) is 99.6 Å². The minimum absolute atomic E-state index is 0.0679. The van der Waals surface area contributed by atoms with E-state index in [1.54, 1.807) is 0 Å². The fourth-order valence-electron chi connectivity index (χ4n) is 10.1. The van der Waals surface area contributed by atoms with Gasteiger partial charge in [-0.25, -0.2) is 0 Å². The van der Waals surface area contributed by atoms with Crippen molar-refractivity contribution in [3.8, 4) is 16.8 Å². The van der Waals surface area contributed by atoms with Crippen LogP contribution in [0.15, 0.2) is 242 Å². The first kappa shape index (κ1) is 36.0. The number of benzene rings is 9. The highest BCUT2D eigenvalue weighted by Crippen LogP contribution is 2.51. The molecule has 0 saturated heterocycles. The third kappa shape index (κ3) is 6.03. The first-order chi connectivity index (χ1) is 30.8. The van der Waals surface area contributed by atoms with Gasteiger partial charge >= 0.3 is 0 Å². The Morgan fingerprint density at radius 1 is 0.452 bits per heavy atom. The highest BCUT2D eigenvalue weighted by atomic mass is 15.2. The summed E-state index contributed by atoms with van der Waals surface area (Å²) >= 11 is 0. The number of fused-ring (bicyclic) bond motifs is 6. The third-order valence-electron chi connectivity index (χ3n) is 12.9. The van der Waals surface area contributed by atoms with E-state index in [-0.39, 0.29) is 6.04 Å². The quantitative estimate of drug-likeness (QED) is 0.156. The van der Waals surface area contributed by atoms with E-state index in [4.69, 9.17) is 0 Å². The third-order valence-corrected chi connectivity index (χ3v) is 12.9. The molecule has 1 atom stereocenters. The predicted molar refractivity (Wildman–Crippen MR) is 262 cm³/mol. The summed E-state index contributed by atoms with van der Waals surface area (Å²) in [7, 11) is 0. The van der Waals surface area contributed by atoms with Gasteiger partial charge in [-0.05, 0) is 127 Å². The van der Waals surface area contributed by atoms with Crippen molar-refractivity contribution in [1.29, 1.82) is 0 Å². The summed E-state index contributed by atoms with van der Waals surface area (Å²) in [4.78, 5) is 2.55. The summed E-state index contributed by atoms with van der Waals surface area (Å²) in [6.45, 7) is 0. The van der Waals surface area contributed by atoms with Gasteiger partial charge < -0.3 is 9.47 Å². The zero-order chi connectivity index (χ0) is 41.0. The highest BCUT2D eigenvalue weighted by Gasteiger charge is 2.34. The van der Waals surface area contributed by atoms with Crippen LogP contribution in [0, 0.1) is 0 Å². The molecule has 9 aromatic carbocycles. The van der Waals surface area contributed by atoms with Gasteiger partial charge in [-0.2, -0.15) is 0 Å². The molecule has 0 amide bonds. The van der Waals surface area contributed by atoms with E-state index in [0.717, 1.165) is 12.1 Å². The van der Waals surface area contributed by atoms with Crippen LogP contribution in [-0.4, -0.2) is 10.6 Å². The fourth-order valence-corrected chi connectivity index (χ4v) is 10.1. The molecule has 292 valence electrons. The molecule has 0 saturated carbocycles. The molecule has 0 spiro atoms. The van der Waals surface area contributed by atoms with Gasteiger partial charge in [-0.3, -0.25) is 0 Å². The number of aromatic nitrogens is 1. The lowest BCUT2D eigenvalue weighted by molar-refractivity contribution is 0.775. The van der Waals surface area contributed by atoms with E-state index >= 15 is 0 Å². The molecule has 2 aliphatic carbocycles. The van der Waals surface area contributed by atoms with Gasteiger partial charge in [0.2, 0.25) is 0 Å². The van der Waals surface area contributed by atoms with Gasteiger partial charge in [0.15, 0.2) is 0 Å². The van der Waals surface area contributed by atoms with Crippen molar-refractivity contribution in [1.82, 2.24) is 4.57 Å². The molecular weight excluding hydrogens is 749 g/mol. The fraction of sp³-hybridized carbons (Fsp3) is 0.0333. The molecule has 1 unspecified atom stereocenters. The molecule has 62 heavy (non-hydrogen) atoms. The van der Waals surface area contributed by atoms with Crippen molar-refractivity contribution in [3.05, 3.63) is 264 Å². The van der Waals surface area contributed by atoms with Gasteiger partial charge in [0.05, 0.1) is 17.1 Å². The summed E-state index contributed by atoms with van der Waals surface area (Å²) in [5.74, 6) is 0. The van der Waals surface area contributed by atoms with Crippen molar-refractivity contribution in [2.24, 2.45) is 0 Å². The molecule has 1 heterocycles. The van der Waals surface area contributed by atoms with Crippen LogP contribution in [0.2, 0.25) is 0 Å². The lowest BCUT2D eigenvalue weighted by Gasteiger charge is -2.35. The Labute approximate surface area is 362 Å². The molecule has 0 bridgehead atoms. The Hall–Kier alpha value is -7.94. The van der Waals surface area contributed by atoms with E-state index in [1.807, 2.05) is 0 Å². The van der Waals surface area contributed by atoms with Gasteiger partial charge in [-0.15, -0.1) is 0 Å². The van der Waals surface area contributed by atoms with E-state index in [0.29, 0.717) is 0 Å². The van der Waals surface area contributed by atoms with Gasteiger partial charge in [0.1, 0.15) is 0 Å². The number of nitrogens with zero attached hydrogens (tertiary/aromatic N) is 2. The van der Waals surface area contributed by atoms with Crippen LogP contribution in [0.5, 0.6) is 0 Å². The second-order valence-electron chi connectivity index (χ2n) is 16.4. The van der Waals surface area contributed by atoms with Crippen LogP contribution >= 0.6 is 0 Å². The molecule has 10 aromatic rings. The minimum Gasteiger partial charge on any atom is -0.334 e. The zero-order valence-electron chi connectivity index (χ0n) is 34.2.